The molecule has 5 rings (SSSR count). The van der Waals surface area contributed by atoms with Crippen LogP contribution < -0.4 is 10.2 Å². The van der Waals surface area contributed by atoms with Crippen molar-refractivity contribution in [1.29, 1.82) is 0 Å². The lowest BCUT2D eigenvalue weighted by Crippen LogP contribution is -2.30. The summed E-state index contributed by atoms with van der Waals surface area (Å²) in [4.78, 5) is 6.66. The molecule has 4 aromatic rings. The van der Waals surface area contributed by atoms with Crippen molar-refractivity contribution in [2.75, 3.05) is 4.90 Å². The van der Waals surface area contributed by atoms with Gasteiger partial charge >= 0.3 is 0 Å². The number of pyridine rings is 1. The Hall–Kier alpha value is -3.22. The molecule has 0 aliphatic carbocycles. The van der Waals surface area contributed by atoms with E-state index in [9.17, 15) is 4.39 Å². The zero-order valence-corrected chi connectivity index (χ0v) is 19.7. The third-order valence-corrected chi connectivity index (χ3v) is 6.76. The van der Waals surface area contributed by atoms with Gasteiger partial charge < -0.3 is 14.8 Å². The molecule has 0 unspecified atom stereocenters. The van der Waals surface area contributed by atoms with Crippen molar-refractivity contribution in [3.05, 3.63) is 112 Å². The third-order valence-electron chi connectivity index (χ3n) is 6.02. The van der Waals surface area contributed by atoms with Crippen LogP contribution in [0.25, 0.3) is 5.69 Å². The molecule has 2 atom stereocenters. The van der Waals surface area contributed by atoms with Gasteiger partial charge in [-0.25, -0.2) is 4.39 Å². The molecule has 1 aliphatic heterocycles. The minimum atomic E-state index is -0.241. The first-order chi connectivity index (χ1) is 15.9. The van der Waals surface area contributed by atoms with Crippen LogP contribution in [-0.2, 0) is 0 Å². The Labute approximate surface area is 202 Å². The maximum Gasteiger partial charge on any atom is 0.174 e. The number of thiocarbonyl (C=S) groups is 1. The fraction of sp³-hybridized carbons (Fsp3) is 0.154. The first-order valence-corrected chi connectivity index (χ1v) is 11.4. The third kappa shape index (κ3) is 3.90. The summed E-state index contributed by atoms with van der Waals surface area (Å²) in [7, 11) is 0. The Morgan fingerprint density at radius 2 is 1.76 bits per heavy atom. The molecule has 0 radical (unpaired) electrons. The second-order valence-corrected chi connectivity index (χ2v) is 8.96. The van der Waals surface area contributed by atoms with Crippen molar-refractivity contribution in [2.45, 2.75) is 25.9 Å². The van der Waals surface area contributed by atoms with E-state index < -0.39 is 0 Å². The predicted molar refractivity (Wildman–Crippen MR) is 135 cm³/mol. The van der Waals surface area contributed by atoms with Crippen LogP contribution in [0.1, 0.15) is 34.6 Å². The summed E-state index contributed by atoms with van der Waals surface area (Å²) in [5.74, 6) is -0.241. The van der Waals surface area contributed by atoms with Crippen LogP contribution in [-0.4, -0.2) is 14.7 Å². The molecule has 0 amide bonds. The molecule has 1 saturated heterocycles. The number of hydrogen-bond donors (Lipinski definition) is 1. The normalized spacial score (nSPS) is 17.9. The minimum Gasteiger partial charge on any atom is -0.351 e. The summed E-state index contributed by atoms with van der Waals surface area (Å²) in [6.45, 7) is 3.75. The van der Waals surface area contributed by atoms with E-state index in [0.717, 1.165) is 33.3 Å². The van der Waals surface area contributed by atoms with Crippen LogP contribution in [0.2, 0.25) is 5.02 Å². The van der Waals surface area contributed by atoms with E-state index in [4.69, 9.17) is 23.8 Å². The van der Waals surface area contributed by atoms with Crippen LogP contribution in [0.5, 0.6) is 0 Å². The number of halogens is 2. The minimum absolute atomic E-state index is 0.189. The van der Waals surface area contributed by atoms with E-state index in [1.54, 1.807) is 19.2 Å². The van der Waals surface area contributed by atoms with Crippen molar-refractivity contribution in [3.8, 4) is 5.69 Å². The second kappa shape index (κ2) is 8.61. The molecule has 7 heteroatoms. The van der Waals surface area contributed by atoms with Gasteiger partial charge in [0, 0.05) is 34.5 Å². The van der Waals surface area contributed by atoms with Gasteiger partial charge in [0.15, 0.2) is 5.11 Å². The van der Waals surface area contributed by atoms with Crippen molar-refractivity contribution < 1.29 is 4.39 Å². The van der Waals surface area contributed by atoms with Gasteiger partial charge in [0.2, 0.25) is 0 Å². The average molecular weight is 477 g/mol. The van der Waals surface area contributed by atoms with Crippen LogP contribution in [0.3, 0.4) is 0 Å². The second-order valence-electron chi connectivity index (χ2n) is 8.17. The van der Waals surface area contributed by atoms with Gasteiger partial charge in [-0.1, -0.05) is 17.7 Å². The first kappa shape index (κ1) is 21.6. The number of nitrogens with one attached hydrogen (secondary N) is 1. The Balaban J connectivity index is 1.68. The number of nitrogens with zero attached hydrogens (tertiary/aromatic N) is 3. The first-order valence-electron chi connectivity index (χ1n) is 10.6. The van der Waals surface area contributed by atoms with Crippen LogP contribution in [0.15, 0.2) is 79.1 Å². The van der Waals surface area contributed by atoms with Crippen LogP contribution in [0.4, 0.5) is 10.1 Å². The number of aromatic nitrogens is 2. The highest BCUT2D eigenvalue weighted by Crippen LogP contribution is 2.42. The predicted octanol–water partition coefficient (Wildman–Crippen LogP) is 6.46. The summed E-state index contributed by atoms with van der Waals surface area (Å²) in [6.07, 6.45) is 3.81. The smallest absolute Gasteiger partial charge is 0.174 e. The van der Waals surface area contributed by atoms with Gasteiger partial charge in [-0.15, -0.1) is 0 Å². The average Bonchev–Trinajstić information content (AvgIpc) is 3.42. The van der Waals surface area contributed by atoms with E-state index in [1.165, 1.54) is 6.07 Å². The quantitative estimate of drug-likeness (QED) is 0.343. The molecule has 166 valence electrons. The van der Waals surface area contributed by atoms with E-state index in [1.807, 2.05) is 55.6 Å². The number of rotatable bonds is 4. The van der Waals surface area contributed by atoms with Gasteiger partial charge in [-0.2, -0.15) is 0 Å². The van der Waals surface area contributed by atoms with Crippen molar-refractivity contribution >= 4 is 34.6 Å². The summed E-state index contributed by atoms with van der Waals surface area (Å²) in [5, 5.41) is 4.76. The van der Waals surface area contributed by atoms with E-state index in [0.29, 0.717) is 10.7 Å². The molecule has 1 fully saturated rings. The summed E-state index contributed by atoms with van der Waals surface area (Å²) >= 11 is 12.1. The van der Waals surface area contributed by atoms with Gasteiger partial charge in [0.05, 0.1) is 11.7 Å². The monoisotopic (exact) mass is 476 g/mol. The molecule has 2 aromatic heterocycles. The zero-order valence-electron chi connectivity index (χ0n) is 18.2. The Morgan fingerprint density at radius 1 is 0.970 bits per heavy atom. The lowest BCUT2D eigenvalue weighted by atomic mass is 10.0. The fourth-order valence-electron chi connectivity index (χ4n) is 4.36. The summed E-state index contributed by atoms with van der Waals surface area (Å²) in [5.41, 5.74) is 5.31. The lowest BCUT2D eigenvalue weighted by Gasteiger charge is -2.29. The molecule has 2 aromatic carbocycles. The fourth-order valence-corrected chi connectivity index (χ4v) is 4.82. The highest BCUT2D eigenvalue weighted by Gasteiger charge is 2.42. The van der Waals surface area contributed by atoms with Gasteiger partial charge in [-0.05, 0) is 97.9 Å². The summed E-state index contributed by atoms with van der Waals surface area (Å²) < 4.78 is 16.2. The van der Waals surface area contributed by atoms with Crippen molar-refractivity contribution in [1.82, 2.24) is 14.9 Å². The lowest BCUT2D eigenvalue weighted by molar-refractivity contribution is 0.549. The standard InChI is InChI=1S/C26H22ClFN4S/c1-16-14-18(8-10-20(16)27)31-13-5-7-23(31)25-24(22-6-3-4-12-29-22)30-26(33)32(25)19-9-11-21(28)17(2)15-19/h3-15,24-25H,1-2H3,(H,30,33)/t24-,25-/m1/s1. The largest absolute Gasteiger partial charge is 0.351 e. The Morgan fingerprint density at radius 3 is 2.48 bits per heavy atom. The van der Waals surface area contributed by atoms with Crippen molar-refractivity contribution in [2.24, 2.45) is 0 Å². The molecule has 0 spiro atoms. The van der Waals surface area contributed by atoms with Gasteiger partial charge in [-0.3, -0.25) is 4.98 Å². The highest BCUT2D eigenvalue weighted by atomic mass is 35.5. The maximum atomic E-state index is 14.1. The van der Waals surface area contributed by atoms with E-state index >= 15 is 0 Å². The SMILES string of the molecule is Cc1cc(N2C(=S)N[C@H](c3ccccn3)[C@H]2c2cccn2-c2ccc(Cl)c(C)c2)ccc1F. The number of aryl methyl sites for hydroxylation is 2. The number of hydrogen-bond acceptors (Lipinski definition) is 2. The molecule has 0 bridgehead atoms. The van der Waals surface area contributed by atoms with E-state index in [2.05, 4.69) is 31.9 Å². The molecular weight excluding hydrogens is 455 g/mol. The molecule has 1 aliphatic rings. The Kier molecular flexibility index (Phi) is 5.64. The molecule has 4 nitrogen and oxygen atoms in total. The van der Waals surface area contributed by atoms with E-state index in [-0.39, 0.29) is 17.9 Å². The molecule has 3 heterocycles. The van der Waals surface area contributed by atoms with Crippen molar-refractivity contribution in [3.63, 3.8) is 0 Å². The number of anilines is 1. The maximum absolute atomic E-state index is 14.1. The molecule has 0 saturated carbocycles. The zero-order chi connectivity index (χ0) is 23.1. The van der Waals surface area contributed by atoms with Crippen LogP contribution >= 0.6 is 23.8 Å². The Bertz CT molecular complexity index is 1340. The molecule has 1 N–H and O–H groups in total. The highest BCUT2D eigenvalue weighted by molar-refractivity contribution is 7.80. The topological polar surface area (TPSA) is 33.1 Å². The van der Waals surface area contributed by atoms with Gasteiger partial charge in [0.1, 0.15) is 11.9 Å². The number of benzene rings is 2. The molecule has 33 heavy (non-hydrogen) atoms. The van der Waals surface area contributed by atoms with Crippen LogP contribution in [0, 0.1) is 19.7 Å². The van der Waals surface area contributed by atoms with Gasteiger partial charge in [0.25, 0.3) is 0 Å². The molecular formula is C26H22ClFN4S. The summed E-state index contributed by atoms with van der Waals surface area (Å²) in [6, 6.07) is 20.6.